The van der Waals surface area contributed by atoms with Gasteiger partial charge in [-0.05, 0) is 31.5 Å². The first kappa shape index (κ1) is 13.2. The van der Waals surface area contributed by atoms with E-state index in [2.05, 4.69) is 21.5 Å². The summed E-state index contributed by atoms with van der Waals surface area (Å²) in [5, 5.41) is 7.55. The van der Waals surface area contributed by atoms with Crippen LogP contribution in [0.4, 0.5) is 0 Å². The molecule has 5 nitrogen and oxygen atoms in total. The van der Waals surface area contributed by atoms with Crippen LogP contribution in [-0.4, -0.2) is 22.4 Å². The summed E-state index contributed by atoms with van der Waals surface area (Å²) in [7, 11) is 0. The highest BCUT2D eigenvalue weighted by Crippen LogP contribution is 2.39. The highest BCUT2D eigenvalue weighted by molar-refractivity contribution is 7.99. The van der Waals surface area contributed by atoms with Crippen LogP contribution in [0.3, 0.4) is 0 Å². The molecule has 1 aromatic heterocycles. The number of fused-ring (bicyclic) bond motifs is 1. The van der Waals surface area contributed by atoms with Gasteiger partial charge in [0.05, 0.1) is 6.04 Å². The number of thioether (sulfide) groups is 1. The van der Waals surface area contributed by atoms with Crippen LogP contribution in [0.15, 0.2) is 33.7 Å². The molecule has 1 fully saturated rings. The van der Waals surface area contributed by atoms with Crippen molar-refractivity contribution >= 4 is 11.8 Å². The quantitative estimate of drug-likeness (QED) is 0.920. The average molecular weight is 303 g/mol. The number of hydrogen-bond donors (Lipinski definition) is 1. The summed E-state index contributed by atoms with van der Waals surface area (Å²) >= 11 is 1.77. The Hall–Kier alpha value is -1.53. The summed E-state index contributed by atoms with van der Waals surface area (Å²) in [6, 6.07) is 8.26. The number of aromatic nitrogens is 2. The average Bonchev–Trinajstić information content (AvgIpc) is 3.05. The van der Waals surface area contributed by atoms with Gasteiger partial charge in [-0.1, -0.05) is 23.7 Å². The Bertz CT molecular complexity index is 625. The second-order valence-corrected chi connectivity index (χ2v) is 6.42. The number of nitrogens with zero attached hydrogens (tertiary/aromatic N) is 2. The van der Waals surface area contributed by atoms with Crippen molar-refractivity contribution in [3.63, 3.8) is 0 Å². The van der Waals surface area contributed by atoms with E-state index in [-0.39, 0.29) is 12.1 Å². The molecule has 3 heterocycles. The maximum absolute atomic E-state index is 5.99. The molecule has 1 aromatic carbocycles. The molecule has 110 valence electrons. The predicted molar refractivity (Wildman–Crippen MR) is 79.4 cm³/mol. The molecule has 0 bridgehead atoms. The van der Waals surface area contributed by atoms with Crippen LogP contribution in [0, 0.1) is 0 Å². The minimum Gasteiger partial charge on any atom is -0.480 e. The SMILES string of the molecule is c1ccc2c(c1)OC(c1noc(C3CCCCN3)n1)CS2. The van der Waals surface area contributed by atoms with Crippen LogP contribution in [0.5, 0.6) is 5.75 Å². The number of hydrogen-bond acceptors (Lipinski definition) is 6. The van der Waals surface area contributed by atoms with E-state index in [1.54, 1.807) is 11.8 Å². The first-order valence-corrected chi connectivity index (χ1v) is 8.34. The monoisotopic (exact) mass is 303 g/mol. The minimum atomic E-state index is -0.133. The largest absolute Gasteiger partial charge is 0.480 e. The van der Waals surface area contributed by atoms with Gasteiger partial charge < -0.3 is 14.6 Å². The first-order valence-electron chi connectivity index (χ1n) is 7.35. The van der Waals surface area contributed by atoms with Crippen LogP contribution in [0.2, 0.25) is 0 Å². The maximum Gasteiger partial charge on any atom is 0.243 e. The fraction of sp³-hybridized carbons (Fsp3) is 0.467. The molecule has 0 saturated carbocycles. The molecule has 2 aromatic rings. The number of para-hydroxylation sites is 1. The van der Waals surface area contributed by atoms with Crippen LogP contribution >= 0.6 is 11.8 Å². The number of benzene rings is 1. The van der Waals surface area contributed by atoms with E-state index < -0.39 is 0 Å². The molecule has 21 heavy (non-hydrogen) atoms. The lowest BCUT2D eigenvalue weighted by molar-refractivity contribution is 0.204. The fourth-order valence-electron chi connectivity index (χ4n) is 2.73. The molecular formula is C15H17N3O2S. The van der Waals surface area contributed by atoms with E-state index >= 15 is 0 Å². The minimum absolute atomic E-state index is 0.133. The normalized spacial score (nSPS) is 25.1. The van der Waals surface area contributed by atoms with Crippen molar-refractivity contribution < 1.29 is 9.26 Å². The van der Waals surface area contributed by atoms with Gasteiger partial charge in [-0.3, -0.25) is 0 Å². The van der Waals surface area contributed by atoms with Crippen molar-refractivity contribution in [3.05, 3.63) is 36.0 Å². The Kier molecular flexibility index (Phi) is 3.57. The van der Waals surface area contributed by atoms with Gasteiger partial charge in [0.25, 0.3) is 0 Å². The van der Waals surface area contributed by atoms with E-state index in [1.807, 2.05) is 18.2 Å². The third-order valence-corrected chi connectivity index (χ3v) is 4.98. The van der Waals surface area contributed by atoms with Crippen molar-refractivity contribution in [3.8, 4) is 5.75 Å². The molecule has 2 unspecified atom stereocenters. The van der Waals surface area contributed by atoms with Crippen molar-refractivity contribution in [2.45, 2.75) is 36.3 Å². The summed E-state index contributed by atoms with van der Waals surface area (Å²) in [5.74, 6) is 3.06. The maximum atomic E-state index is 5.99. The van der Waals surface area contributed by atoms with Gasteiger partial charge in [0, 0.05) is 10.6 Å². The third kappa shape index (κ3) is 2.65. The van der Waals surface area contributed by atoms with Gasteiger partial charge in [-0.2, -0.15) is 4.98 Å². The molecular weight excluding hydrogens is 286 g/mol. The second kappa shape index (κ2) is 5.69. The molecule has 1 saturated heterocycles. The van der Waals surface area contributed by atoms with E-state index in [0.29, 0.717) is 11.7 Å². The lowest BCUT2D eigenvalue weighted by Crippen LogP contribution is -2.27. The van der Waals surface area contributed by atoms with Crippen LogP contribution in [-0.2, 0) is 0 Å². The summed E-state index contributed by atoms with van der Waals surface area (Å²) in [6.07, 6.45) is 3.35. The highest BCUT2D eigenvalue weighted by Gasteiger charge is 2.28. The van der Waals surface area contributed by atoms with E-state index in [9.17, 15) is 0 Å². The summed E-state index contributed by atoms with van der Waals surface area (Å²) < 4.78 is 11.4. The van der Waals surface area contributed by atoms with Crippen LogP contribution in [0.25, 0.3) is 0 Å². The topological polar surface area (TPSA) is 60.2 Å². The van der Waals surface area contributed by atoms with E-state index in [4.69, 9.17) is 9.26 Å². The summed E-state index contributed by atoms with van der Waals surface area (Å²) in [6.45, 7) is 1.02. The predicted octanol–water partition coefficient (Wildman–Crippen LogP) is 3.11. The van der Waals surface area contributed by atoms with Crippen molar-refractivity contribution in [2.24, 2.45) is 0 Å². The lowest BCUT2D eigenvalue weighted by Gasteiger charge is -2.23. The molecule has 1 N–H and O–H groups in total. The van der Waals surface area contributed by atoms with Gasteiger partial charge >= 0.3 is 0 Å². The number of ether oxygens (including phenoxy) is 1. The van der Waals surface area contributed by atoms with E-state index in [0.717, 1.165) is 24.5 Å². The van der Waals surface area contributed by atoms with Gasteiger partial charge in [-0.25, -0.2) is 0 Å². The van der Waals surface area contributed by atoms with Crippen molar-refractivity contribution in [2.75, 3.05) is 12.3 Å². The van der Waals surface area contributed by atoms with Crippen molar-refractivity contribution in [1.82, 2.24) is 15.5 Å². The lowest BCUT2D eigenvalue weighted by atomic mass is 10.1. The Morgan fingerprint density at radius 3 is 3.10 bits per heavy atom. The van der Waals surface area contributed by atoms with Gasteiger partial charge in [0.1, 0.15) is 5.75 Å². The third-order valence-electron chi connectivity index (χ3n) is 3.86. The molecule has 2 atom stereocenters. The molecule has 0 amide bonds. The zero-order valence-electron chi connectivity index (χ0n) is 11.6. The molecule has 2 aliphatic heterocycles. The van der Waals surface area contributed by atoms with Gasteiger partial charge in [0.2, 0.25) is 11.7 Å². The van der Waals surface area contributed by atoms with E-state index in [1.165, 1.54) is 17.7 Å². The Labute approximate surface area is 127 Å². The molecule has 0 aliphatic carbocycles. The Morgan fingerprint density at radius 2 is 2.19 bits per heavy atom. The molecule has 6 heteroatoms. The summed E-state index contributed by atoms with van der Waals surface area (Å²) in [4.78, 5) is 5.72. The summed E-state index contributed by atoms with van der Waals surface area (Å²) in [5.41, 5.74) is 0. The second-order valence-electron chi connectivity index (χ2n) is 5.36. The Morgan fingerprint density at radius 1 is 1.24 bits per heavy atom. The van der Waals surface area contributed by atoms with Crippen LogP contribution < -0.4 is 10.1 Å². The van der Waals surface area contributed by atoms with Gasteiger partial charge in [0.15, 0.2) is 6.10 Å². The smallest absolute Gasteiger partial charge is 0.243 e. The first-order chi connectivity index (χ1) is 10.4. The number of rotatable bonds is 2. The zero-order chi connectivity index (χ0) is 14.1. The van der Waals surface area contributed by atoms with Gasteiger partial charge in [-0.15, -0.1) is 11.8 Å². The van der Waals surface area contributed by atoms with Crippen LogP contribution in [0.1, 0.15) is 43.1 Å². The van der Waals surface area contributed by atoms with Crippen molar-refractivity contribution in [1.29, 1.82) is 0 Å². The molecule has 0 radical (unpaired) electrons. The number of piperidine rings is 1. The fourth-order valence-corrected chi connectivity index (χ4v) is 3.71. The highest BCUT2D eigenvalue weighted by atomic mass is 32.2. The Balaban J connectivity index is 1.51. The molecule has 0 spiro atoms. The molecule has 2 aliphatic rings. The zero-order valence-corrected chi connectivity index (χ0v) is 12.4. The number of nitrogens with one attached hydrogen (secondary N) is 1. The molecule has 4 rings (SSSR count). The standard InChI is InChI=1S/C15H17N3O2S/c1-2-7-13-11(6-1)19-12(9-21-13)14-17-15(20-18-14)10-5-3-4-8-16-10/h1-2,6-7,10,12,16H,3-5,8-9H2.